The smallest absolute Gasteiger partial charge is 0.0559 e. The molecule has 0 spiro atoms. The molecule has 2 N–H and O–H groups in total. The Morgan fingerprint density at radius 1 is 1.57 bits per heavy atom. The fourth-order valence-electron chi connectivity index (χ4n) is 0.353. The molecule has 0 aliphatic rings. The standard InChI is InChI=1S/C5H12O2/c1-2-5(7)3-4-6/h5-7H,2-4H2,1H3/t5-/m1/s1. The summed E-state index contributed by atoms with van der Waals surface area (Å²) in [5.74, 6) is 0. The average Bonchev–Trinajstić information content (AvgIpc) is 1.68. The van der Waals surface area contributed by atoms with E-state index in [2.05, 4.69) is 0 Å². The summed E-state index contributed by atoms with van der Waals surface area (Å²) in [7, 11) is 0. The Morgan fingerprint density at radius 3 is 2.29 bits per heavy atom. The molecule has 7 heavy (non-hydrogen) atoms. The van der Waals surface area contributed by atoms with Crippen molar-refractivity contribution < 1.29 is 10.2 Å². The van der Waals surface area contributed by atoms with Gasteiger partial charge in [-0.15, -0.1) is 0 Å². The lowest BCUT2D eigenvalue weighted by molar-refractivity contribution is 0.129. The van der Waals surface area contributed by atoms with Crippen molar-refractivity contribution in [2.45, 2.75) is 25.9 Å². The maximum Gasteiger partial charge on any atom is 0.0559 e. The van der Waals surface area contributed by atoms with Crippen molar-refractivity contribution in [3.8, 4) is 0 Å². The van der Waals surface area contributed by atoms with Gasteiger partial charge in [-0.1, -0.05) is 6.92 Å². The Hall–Kier alpha value is -0.0800. The first kappa shape index (κ1) is 6.92. The van der Waals surface area contributed by atoms with E-state index in [0.717, 1.165) is 6.42 Å². The second kappa shape index (κ2) is 4.09. The lowest BCUT2D eigenvalue weighted by Gasteiger charge is -2.01. The van der Waals surface area contributed by atoms with E-state index in [1.165, 1.54) is 0 Å². The molecule has 0 aromatic carbocycles. The highest BCUT2D eigenvalue weighted by Gasteiger charge is 1.95. The van der Waals surface area contributed by atoms with Crippen molar-refractivity contribution in [2.75, 3.05) is 6.61 Å². The van der Waals surface area contributed by atoms with Gasteiger partial charge in [0, 0.05) is 6.61 Å². The molecule has 0 unspecified atom stereocenters. The largest absolute Gasteiger partial charge is 0.396 e. The molecule has 0 aromatic heterocycles. The van der Waals surface area contributed by atoms with Crippen LogP contribution in [0.3, 0.4) is 0 Å². The van der Waals surface area contributed by atoms with E-state index in [9.17, 15) is 0 Å². The van der Waals surface area contributed by atoms with Gasteiger partial charge in [-0.2, -0.15) is 0 Å². The predicted molar refractivity (Wildman–Crippen MR) is 28.0 cm³/mol. The Labute approximate surface area is 43.8 Å². The van der Waals surface area contributed by atoms with E-state index in [4.69, 9.17) is 10.2 Å². The van der Waals surface area contributed by atoms with Crippen LogP contribution in [0.5, 0.6) is 0 Å². The molecule has 2 nitrogen and oxygen atoms in total. The average molecular weight is 104 g/mol. The number of aliphatic hydroxyl groups is 2. The summed E-state index contributed by atoms with van der Waals surface area (Å²) in [6.45, 7) is 1.98. The van der Waals surface area contributed by atoms with Crippen LogP contribution in [0.1, 0.15) is 19.8 Å². The van der Waals surface area contributed by atoms with Crippen LogP contribution in [-0.2, 0) is 0 Å². The Bertz CT molecular complexity index is 37.1. The zero-order chi connectivity index (χ0) is 5.70. The summed E-state index contributed by atoms with van der Waals surface area (Å²) in [5, 5.41) is 16.9. The van der Waals surface area contributed by atoms with Crippen molar-refractivity contribution in [3.63, 3.8) is 0 Å². The first-order valence-corrected chi connectivity index (χ1v) is 2.60. The quantitative estimate of drug-likeness (QED) is 0.534. The third-order valence-electron chi connectivity index (χ3n) is 0.934. The summed E-state index contributed by atoms with van der Waals surface area (Å²) >= 11 is 0. The van der Waals surface area contributed by atoms with Crippen molar-refractivity contribution in [2.24, 2.45) is 0 Å². The van der Waals surface area contributed by atoms with Crippen LogP contribution in [0.2, 0.25) is 0 Å². The fraction of sp³-hybridized carbons (Fsp3) is 1.00. The number of rotatable bonds is 3. The van der Waals surface area contributed by atoms with E-state index in [0.29, 0.717) is 6.42 Å². The van der Waals surface area contributed by atoms with Gasteiger partial charge in [0.05, 0.1) is 6.10 Å². The third-order valence-corrected chi connectivity index (χ3v) is 0.934. The molecule has 0 amide bonds. The van der Waals surface area contributed by atoms with Crippen LogP contribution in [0.25, 0.3) is 0 Å². The van der Waals surface area contributed by atoms with Crippen LogP contribution < -0.4 is 0 Å². The van der Waals surface area contributed by atoms with Crippen molar-refractivity contribution in [1.29, 1.82) is 0 Å². The third kappa shape index (κ3) is 3.76. The molecule has 2 heteroatoms. The maximum absolute atomic E-state index is 8.70. The second-order valence-corrected chi connectivity index (χ2v) is 1.57. The summed E-state index contributed by atoms with van der Waals surface area (Å²) in [6.07, 6.45) is 0.946. The normalized spacial score (nSPS) is 14.1. The minimum Gasteiger partial charge on any atom is -0.396 e. The Kier molecular flexibility index (Phi) is 4.04. The van der Waals surface area contributed by atoms with Crippen LogP contribution in [0.4, 0.5) is 0 Å². The van der Waals surface area contributed by atoms with Crippen LogP contribution in [0, 0.1) is 0 Å². The molecule has 0 heterocycles. The first-order chi connectivity index (χ1) is 3.31. The van der Waals surface area contributed by atoms with Crippen molar-refractivity contribution in [3.05, 3.63) is 0 Å². The van der Waals surface area contributed by atoms with Gasteiger partial charge in [0.25, 0.3) is 0 Å². The fourth-order valence-corrected chi connectivity index (χ4v) is 0.353. The van der Waals surface area contributed by atoms with E-state index in [1.807, 2.05) is 6.92 Å². The van der Waals surface area contributed by atoms with Crippen molar-refractivity contribution >= 4 is 0 Å². The van der Waals surface area contributed by atoms with Gasteiger partial charge in [-0.3, -0.25) is 0 Å². The summed E-state index contributed by atoms with van der Waals surface area (Å²) < 4.78 is 0. The maximum atomic E-state index is 8.70. The van der Waals surface area contributed by atoms with Crippen LogP contribution >= 0.6 is 0 Å². The van der Waals surface area contributed by atoms with Gasteiger partial charge in [0.1, 0.15) is 0 Å². The number of hydrogen-bond donors (Lipinski definition) is 2. The molecular weight excluding hydrogens is 92.1 g/mol. The molecule has 0 aliphatic heterocycles. The van der Waals surface area contributed by atoms with Crippen LogP contribution in [0.15, 0.2) is 0 Å². The highest BCUT2D eigenvalue weighted by atomic mass is 16.3. The van der Waals surface area contributed by atoms with E-state index in [1.54, 1.807) is 0 Å². The molecule has 0 aliphatic carbocycles. The monoisotopic (exact) mass is 104 g/mol. The number of hydrogen-bond acceptors (Lipinski definition) is 2. The molecule has 0 radical (unpaired) electrons. The summed E-state index contributed by atoms with van der Waals surface area (Å²) in [6, 6.07) is 0. The zero-order valence-electron chi connectivity index (χ0n) is 4.59. The van der Waals surface area contributed by atoms with E-state index in [-0.39, 0.29) is 12.7 Å². The van der Waals surface area contributed by atoms with Crippen molar-refractivity contribution in [1.82, 2.24) is 0 Å². The molecule has 0 aromatic rings. The van der Waals surface area contributed by atoms with E-state index < -0.39 is 0 Å². The molecule has 0 fully saturated rings. The zero-order valence-corrected chi connectivity index (χ0v) is 4.59. The van der Waals surface area contributed by atoms with Gasteiger partial charge in [0.15, 0.2) is 0 Å². The minimum absolute atomic E-state index is 0.0923. The molecule has 0 saturated heterocycles. The predicted octanol–water partition coefficient (Wildman–Crippen LogP) is 0.140. The molecule has 0 bridgehead atoms. The molecular formula is C5H12O2. The lowest BCUT2D eigenvalue weighted by Crippen LogP contribution is -2.05. The molecule has 0 rings (SSSR count). The van der Waals surface area contributed by atoms with Gasteiger partial charge in [0.2, 0.25) is 0 Å². The minimum atomic E-state index is -0.301. The Balaban J connectivity index is 2.83. The lowest BCUT2D eigenvalue weighted by atomic mass is 10.2. The van der Waals surface area contributed by atoms with Crippen LogP contribution in [-0.4, -0.2) is 22.9 Å². The molecule has 44 valence electrons. The first-order valence-electron chi connectivity index (χ1n) is 2.60. The Morgan fingerprint density at radius 2 is 2.14 bits per heavy atom. The molecule has 1 atom stereocenters. The summed E-state index contributed by atoms with van der Waals surface area (Å²) in [4.78, 5) is 0. The highest BCUT2D eigenvalue weighted by Crippen LogP contribution is 1.92. The molecule has 0 saturated carbocycles. The van der Waals surface area contributed by atoms with Gasteiger partial charge in [-0.05, 0) is 12.8 Å². The van der Waals surface area contributed by atoms with E-state index >= 15 is 0 Å². The van der Waals surface area contributed by atoms with Gasteiger partial charge >= 0.3 is 0 Å². The van der Waals surface area contributed by atoms with Gasteiger partial charge < -0.3 is 10.2 Å². The summed E-state index contributed by atoms with van der Waals surface area (Å²) in [5.41, 5.74) is 0. The topological polar surface area (TPSA) is 40.5 Å². The highest BCUT2D eigenvalue weighted by molar-refractivity contribution is 4.47. The SMILES string of the molecule is CC[C@@H](O)CCO. The van der Waals surface area contributed by atoms with Gasteiger partial charge in [-0.25, -0.2) is 0 Å². The second-order valence-electron chi connectivity index (χ2n) is 1.57. The number of aliphatic hydroxyl groups excluding tert-OH is 2.